The van der Waals surface area contributed by atoms with E-state index in [4.69, 9.17) is 21.0 Å². The maximum absolute atomic E-state index is 8.54. The van der Waals surface area contributed by atoms with E-state index in [0.717, 1.165) is 25.7 Å². The summed E-state index contributed by atoms with van der Waals surface area (Å²) in [6.07, 6.45) is 3.64. The Morgan fingerprint density at radius 1 is 0.857 bits per heavy atom. The largest absolute Gasteiger partial charge is 0.197 e. The minimum atomic E-state index is -0.611. The summed E-state index contributed by atoms with van der Waals surface area (Å²) in [5.41, 5.74) is -0.611. The smallest absolute Gasteiger partial charge is 0.143 e. The minimum Gasteiger partial charge on any atom is -0.197 e. The predicted octanol–water partition coefficient (Wildman–Crippen LogP) is 2.02. The third kappa shape index (κ3) is 3.57. The first kappa shape index (κ1) is 12.0. The zero-order chi connectivity index (χ0) is 10.9. The second kappa shape index (κ2) is 6.47. The van der Waals surface area contributed by atoms with Crippen molar-refractivity contribution in [2.24, 2.45) is 5.41 Å². The Bertz CT molecular complexity index is 297. The molecule has 0 heterocycles. The molecular formula is C10H10N4. The third-order valence-corrected chi connectivity index (χ3v) is 2.04. The molecule has 0 spiro atoms. The van der Waals surface area contributed by atoms with E-state index in [-0.39, 0.29) is 6.42 Å². The van der Waals surface area contributed by atoms with Gasteiger partial charge in [0.2, 0.25) is 0 Å². The second-order valence-electron chi connectivity index (χ2n) is 3.01. The molecule has 0 unspecified atom stereocenters. The van der Waals surface area contributed by atoms with Crippen LogP contribution >= 0.6 is 0 Å². The van der Waals surface area contributed by atoms with Gasteiger partial charge in [-0.3, -0.25) is 0 Å². The van der Waals surface area contributed by atoms with Gasteiger partial charge >= 0.3 is 0 Å². The van der Waals surface area contributed by atoms with E-state index in [0.29, 0.717) is 0 Å². The summed E-state index contributed by atoms with van der Waals surface area (Å²) < 4.78 is 0. The molecule has 1 saturated carbocycles. The highest BCUT2D eigenvalue weighted by atomic mass is 14.4. The van der Waals surface area contributed by atoms with Crippen molar-refractivity contribution < 1.29 is 0 Å². The fourth-order valence-corrected chi connectivity index (χ4v) is 1.26. The molecule has 0 aromatic rings. The average molecular weight is 186 g/mol. The van der Waals surface area contributed by atoms with Crippen LogP contribution in [0.3, 0.4) is 0 Å². The monoisotopic (exact) mass is 186 g/mol. The van der Waals surface area contributed by atoms with Crippen molar-refractivity contribution in [2.45, 2.75) is 32.1 Å². The molecule has 0 aromatic heterocycles. The normalized spacial score (nSPS) is 16.0. The molecule has 0 amide bonds. The van der Waals surface area contributed by atoms with Gasteiger partial charge in [0, 0.05) is 0 Å². The van der Waals surface area contributed by atoms with Crippen LogP contribution in [0.15, 0.2) is 0 Å². The quantitative estimate of drug-likeness (QED) is 0.578. The molecule has 4 heteroatoms. The lowest BCUT2D eigenvalue weighted by molar-refractivity contribution is 0.546. The van der Waals surface area contributed by atoms with Crippen molar-refractivity contribution in [3.05, 3.63) is 0 Å². The number of hydrogen-bond donors (Lipinski definition) is 0. The van der Waals surface area contributed by atoms with Crippen LogP contribution in [0, 0.1) is 50.7 Å². The van der Waals surface area contributed by atoms with Crippen LogP contribution in [0.4, 0.5) is 0 Å². The Morgan fingerprint density at radius 2 is 1.29 bits per heavy atom. The van der Waals surface area contributed by atoms with E-state index >= 15 is 0 Å². The first-order chi connectivity index (χ1) is 6.74. The zero-order valence-corrected chi connectivity index (χ0v) is 7.82. The van der Waals surface area contributed by atoms with Gasteiger partial charge in [-0.2, -0.15) is 21.0 Å². The third-order valence-electron chi connectivity index (χ3n) is 2.04. The Balaban J connectivity index is 0.000000292. The zero-order valence-electron chi connectivity index (χ0n) is 7.82. The molecule has 0 bridgehead atoms. The SMILES string of the molecule is N#CC1(C#N)CCCC1.N#CCC#N. The van der Waals surface area contributed by atoms with Gasteiger partial charge in [-0.15, -0.1) is 0 Å². The summed E-state index contributed by atoms with van der Waals surface area (Å²) in [5, 5.41) is 32.3. The van der Waals surface area contributed by atoms with Gasteiger partial charge in [-0.05, 0) is 12.8 Å². The molecule has 0 aliphatic heterocycles. The molecule has 1 aliphatic rings. The molecule has 0 N–H and O–H groups in total. The molecule has 0 atom stereocenters. The van der Waals surface area contributed by atoms with Crippen LogP contribution in [0.2, 0.25) is 0 Å². The van der Waals surface area contributed by atoms with E-state index in [1.807, 2.05) is 0 Å². The lowest BCUT2D eigenvalue weighted by Gasteiger charge is -2.05. The number of nitriles is 4. The first-order valence-electron chi connectivity index (χ1n) is 4.31. The first-order valence-corrected chi connectivity index (χ1v) is 4.31. The summed E-state index contributed by atoms with van der Waals surface area (Å²) in [7, 11) is 0. The number of rotatable bonds is 0. The molecular weight excluding hydrogens is 176 g/mol. The Kier molecular flexibility index (Phi) is 5.53. The maximum atomic E-state index is 8.54. The molecule has 0 saturated heterocycles. The van der Waals surface area contributed by atoms with E-state index in [2.05, 4.69) is 12.1 Å². The van der Waals surface area contributed by atoms with Crippen molar-refractivity contribution in [1.82, 2.24) is 0 Å². The Labute approximate surface area is 83.6 Å². The van der Waals surface area contributed by atoms with Crippen LogP contribution < -0.4 is 0 Å². The van der Waals surface area contributed by atoms with Crippen LogP contribution in [-0.4, -0.2) is 0 Å². The van der Waals surface area contributed by atoms with Crippen molar-refractivity contribution in [3.8, 4) is 24.3 Å². The van der Waals surface area contributed by atoms with Gasteiger partial charge < -0.3 is 0 Å². The highest BCUT2D eigenvalue weighted by Crippen LogP contribution is 2.36. The number of hydrogen-bond acceptors (Lipinski definition) is 4. The van der Waals surface area contributed by atoms with E-state index in [9.17, 15) is 0 Å². The summed E-state index contributed by atoms with van der Waals surface area (Å²) in [6, 6.07) is 7.44. The number of nitrogens with zero attached hydrogens (tertiary/aromatic N) is 4. The van der Waals surface area contributed by atoms with Crippen LogP contribution in [-0.2, 0) is 0 Å². The molecule has 70 valence electrons. The van der Waals surface area contributed by atoms with Gasteiger partial charge in [-0.1, -0.05) is 12.8 Å². The fourth-order valence-electron chi connectivity index (χ4n) is 1.26. The topological polar surface area (TPSA) is 95.2 Å². The molecule has 1 rings (SSSR count). The summed E-state index contributed by atoms with van der Waals surface area (Å²) in [5.74, 6) is 0. The van der Waals surface area contributed by atoms with Gasteiger partial charge in [0.05, 0.1) is 24.3 Å². The Hall–Kier alpha value is -2.04. The van der Waals surface area contributed by atoms with Gasteiger partial charge in [0.25, 0.3) is 0 Å². The van der Waals surface area contributed by atoms with Crippen LogP contribution in [0.25, 0.3) is 0 Å². The highest BCUT2D eigenvalue weighted by Gasteiger charge is 2.33. The van der Waals surface area contributed by atoms with Crippen molar-refractivity contribution >= 4 is 0 Å². The molecule has 14 heavy (non-hydrogen) atoms. The van der Waals surface area contributed by atoms with Gasteiger partial charge in [0.15, 0.2) is 0 Å². The van der Waals surface area contributed by atoms with E-state index in [1.165, 1.54) is 0 Å². The van der Waals surface area contributed by atoms with Crippen LogP contribution in [0.5, 0.6) is 0 Å². The Morgan fingerprint density at radius 3 is 1.43 bits per heavy atom. The standard InChI is InChI=1S/C7H8N2.C3H2N2/c8-5-7(6-9)3-1-2-4-7;4-2-1-3-5/h1-4H2;1H2. The average Bonchev–Trinajstić information content (AvgIpc) is 2.69. The lowest BCUT2D eigenvalue weighted by Crippen LogP contribution is -2.08. The summed E-state index contributed by atoms with van der Waals surface area (Å²) >= 11 is 0. The maximum Gasteiger partial charge on any atom is 0.143 e. The minimum absolute atomic E-state index is 0. The predicted molar refractivity (Wildman–Crippen MR) is 48.0 cm³/mol. The molecule has 4 nitrogen and oxygen atoms in total. The lowest BCUT2D eigenvalue weighted by atomic mass is 9.91. The highest BCUT2D eigenvalue weighted by molar-refractivity contribution is 5.15. The van der Waals surface area contributed by atoms with Crippen LogP contribution in [0.1, 0.15) is 32.1 Å². The molecule has 0 radical (unpaired) electrons. The molecule has 1 fully saturated rings. The van der Waals surface area contributed by atoms with E-state index in [1.54, 1.807) is 12.1 Å². The van der Waals surface area contributed by atoms with Crippen molar-refractivity contribution in [1.29, 1.82) is 21.0 Å². The van der Waals surface area contributed by atoms with E-state index < -0.39 is 5.41 Å². The molecule has 1 aliphatic carbocycles. The van der Waals surface area contributed by atoms with Gasteiger partial charge in [-0.25, -0.2) is 0 Å². The van der Waals surface area contributed by atoms with Gasteiger partial charge in [0.1, 0.15) is 11.8 Å². The van der Waals surface area contributed by atoms with Crippen molar-refractivity contribution in [3.63, 3.8) is 0 Å². The fraction of sp³-hybridized carbons (Fsp3) is 0.600. The second-order valence-corrected chi connectivity index (χ2v) is 3.01. The summed E-state index contributed by atoms with van der Waals surface area (Å²) in [6.45, 7) is 0. The molecule has 0 aromatic carbocycles. The summed E-state index contributed by atoms with van der Waals surface area (Å²) in [4.78, 5) is 0. The van der Waals surface area contributed by atoms with Crippen molar-refractivity contribution in [2.75, 3.05) is 0 Å².